The maximum Gasteiger partial charge on any atom is 0.164 e. The smallest absolute Gasteiger partial charge is 0.164 e. The highest BCUT2D eigenvalue weighted by Gasteiger charge is 2.22. The Kier molecular flexibility index (Phi) is 1.93. The van der Waals surface area contributed by atoms with Crippen LogP contribution in [0, 0.1) is 0 Å². The molecule has 0 amide bonds. The zero-order valence-corrected chi connectivity index (χ0v) is 9.67. The van der Waals surface area contributed by atoms with E-state index in [-0.39, 0.29) is 5.78 Å². The zero-order chi connectivity index (χ0) is 10.4. The first-order chi connectivity index (χ1) is 7.27. The molecule has 1 nitrogen and oxygen atoms in total. The van der Waals surface area contributed by atoms with Crippen molar-refractivity contribution in [2.24, 2.45) is 0 Å². The van der Waals surface area contributed by atoms with Crippen molar-refractivity contribution in [3.8, 4) is 0 Å². The molecule has 2 aromatic rings. The van der Waals surface area contributed by atoms with Gasteiger partial charge in [0, 0.05) is 16.5 Å². The number of carbonyl (C=O) groups excluding carboxylic acids is 1. The van der Waals surface area contributed by atoms with E-state index in [1.807, 2.05) is 24.3 Å². The van der Waals surface area contributed by atoms with Crippen LogP contribution in [0.4, 0.5) is 0 Å². The lowest BCUT2D eigenvalue weighted by Crippen LogP contribution is -1.93. The zero-order valence-electron chi connectivity index (χ0n) is 8.09. The van der Waals surface area contributed by atoms with Gasteiger partial charge >= 0.3 is 0 Å². The predicted octanol–water partition coefficient (Wildman–Crippen LogP) is 3.73. The number of carbonyl (C=O) groups is 1. The van der Waals surface area contributed by atoms with E-state index < -0.39 is 0 Å². The molecule has 0 bridgehead atoms. The SMILES string of the molecule is O=C1CCc2cc(Br)c3ccccc3c21. The van der Waals surface area contributed by atoms with Gasteiger partial charge < -0.3 is 0 Å². The van der Waals surface area contributed by atoms with Crippen LogP contribution in [0.2, 0.25) is 0 Å². The number of benzene rings is 2. The van der Waals surface area contributed by atoms with Gasteiger partial charge in [0.05, 0.1) is 0 Å². The summed E-state index contributed by atoms with van der Waals surface area (Å²) in [7, 11) is 0. The lowest BCUT2D eigenvalue weighted by atomic mass is 10.0. The summed E-state index contributed by atoms with van der Waals surface area (Å²) in [5.41, 5.74) is 2.12. The van der Waals surface area contributed by atoms with Gasteiger partial charge in [-0.1, -0.05) is 40.2 Å². The highest BCUT2D eigenvalue weighted by Crippen LogP contribution is 2.34. The van der Waals surface area contributed by atoms with Crippen molar-refractivity contribution >= 4 is 32.5 Å². The van der Waals surface area contributed by atoms with Gasteiger partial charge in [-0.2, -0.15) is 0 Å². The molecule has 15 heavy (non-hydrogen) atoms. The Morgan fingerprint density at radius 3 is 2.60 bits per heavy atom. The number of hydrogen-bond acceptors (Lipinski definition) is 1. The molecule has 0 saturated heterocycles. The molecule has 0 unspecified atom stereocenters. The maximum atomic E-state index is 11.8. The molecule has 0 aromatic heterocycles. The Bertz CT molecular complexity index is 572. The van der Waals surface area contributed by atoms with Crippen LogP contribution < -0.4 is 0 Å². The fourth-order valence-electron chi connectivity index (χ4n) is 2.28. The molecular weight excluding hydrogens is 252 g/mol. The molecule has 1 aliphatic rings. The summed E-state index contributed by atoms with van der Waals surface area (Å²) in [5.74, 6) is 0.286. The van der Waals surface area contributed by atoms with E-state index >= 15 is 0 Å². The molecule has 0 saturated carbocycles. The Balaban J connectivity index is 2.51. The highest BCUT2D eigenvalue weighted by atomic mass is 79.9. The molecule has 0 fully saturated rings. The Morgan fingerprint density at radius 2 is 1.80 bits per heavy atom. The van der Waals surface area contributed by atoms with Crippen LogP contribution in [0.5, 0.6) is 0 Å². The molecule has 74 valence electrons. The second kappa shape index (κ2) is 3.17. The molecule has 0 N–H and O–H groups in total. The van der Waals surface area contributed by atoms with Crippen LogP contribution in [0.1, 0.15) is 22.3 Å². The van der Waals surface area contributed by atoms with E-state index in [0.29, 0.717) is 6.42 Å². The summed E-state index contributed by atoms with van der Waals surface area (Å²) < 4.78 is 1.09. The summed E-state index contributed by atoms with van der Waals surface area (Å²) in [4.78, 5) is 11.8. The first kappa shape index (κ1) is 9.10. The van der Waals surface area contributed by atoms with Crippen molar-refractivity contribution in [3.05, 3.63) is 45.9 Å². The van der Waals surface area contributed by atoms with Crippen molar-refractivity contribution in [2.75, 3.05) is 0 Å². The van der Waals surface area contributed by atoms with Gasteiger partial charge in [0.2, 0.25) is 0 Å². The van der Waals surface area contributed by atoms with Crippen LogP contribution >= 0.6 is 15.9 Å². The lowest BCUT2D eigenvalue weighted by molar-refractivity contribution is 0.0996. The van der Waals surface area contributed by atoms with Gasteiger partial charge in [-0.25, -0.2) is 0 Å². The van der Waals surface area contributed by atoms with Crippen LogP contribution in [0.25, 0.3) is 10.8 Å². The van der Waals surface area contributed by atoms with Crippen molar-refractivity contribution in [2.45, 2.75) is 12.8 Å². The monoisotopic (exact) mass is 260 g/mol. The van der Waals surface area contributed by atoms with Gasteiger partial charge in [0.1, 0.15) is 0 Å². The molecular formula is C13H9BrO. The number of fused-ring (bicyclic) bond motifs is 3. The minimum Gasteiger partial charge on any atom is -0.294 e. The number of ketones is 1. The summed E-state index contributed by atoms with van der Waals surface area (Å²) in [6.45, 7) is 0. The van der Waals surface area contributed by atoms with Crippen LogP contribution in [0.3, 0.4) is 0 Å². The van der Waals surface area contributed by atoms with Gasteiger partial charge in [-0.3, -0.25) is 4.79 Å². The molecule has 0 aliphatic heterocycles. The van der Waals surface area contributed by atoms with E-state index in [1.165, 1.54) is 5.56 Å². The van der Waals surface area contributed by atoms with Crippen molar-refractivity contribution < 1.29 is 4.79 Å². The summed E-state index contributed by atoms with van der Waals surface area (Å²) in [5, 5.41) is 2.22. The highest BCUT2D eigenvalue weighted by molar-refractivity contribution is 9.10. The molecule has 0 radical (unpaired) electrons. The molecule has 0 atom stereocenters. The van der Waals surface area contributed by atoms with E-state index in [1.54, 1.807) is 0 Å². The minimum atomic E-state index is 0.286. The first-order valence-corrected chi connectivity index (χ1v) is 5.80. The van der Waals surface area contributed by atoms with Gasteiger partial charge in [0.15, 0.2) is 5.78 Å². The van der Waals surface area contributed by atoms with Crippen LogP contribution in [-0.2, 0) is 6.42 Å². The predicted molar refractivity (Wildman–Crippen MR) is 64.3 cm³/mol. The summed E-state index contributed by atoms with van der Waals surface area (Å²) >= 11 is 3.56. The van der Waals surface area contributed by atoms with Gasteiger partial charge in [0.25, 0.3) is 0 Å². The molecule has 0 spiro atoms. The third kappa shape index (κ3) is 1.25. The Morgan fingerprint density at radius 1 is 1.07 bits per heavy atom. The van der Waals surface area contributed by atoms with E-state index in [4.69, 9.17) is 0 Å². The largest absolute Gasteiger partial charge is 0.294 e. The molecule has 2 aromatic carbocycles. The third-order valence-corrected chi connectivity index (χ3v) is 3.63. The Labute approximate surface area is 96.2 Å². The maximum absolute atomic E-state index is 11.8. The van der Waals surface area contributed by atoms with E-state index in [2.05, 4.69) is 22.0 Å². The van der Waals surface area contributed by atoms with Crippen LogP contribution in [-0.4, -0.2) is 5.78 Å². The molecule has 1 aliphatic carbocycles. The molecule has 0 heterocycles. The average molecular weight is 261 g/mol. The lowest BCUT2D eigenvalue weighted by Gasteiger charge is -2.06. The summed E-state index contributed by atoms with van der Waals surface area (Å²) in [6, 6.07) is 10.1. The standard InChI is InChI=1S/C13H9BrO/c14-11-7-8-5-6-12(15)13(8)10-4-2-1-3-9(10)11/h1-4,7H,5-6H2. The quantitative estimate of drug-likeness (QED) is 0.706. The minimum absolute atomic E-state index is 0.286. The Hall–Kier alpha value is -1.15. The number of Topliss-reactive ketones (excluding diaryl/α,β-unsaturated/α-hetero) is 1. The normalized spacial score (nSPS) is 14.6. The van der Waals surface area contributed by atoms with E-state index in [9.17, 15) is 4.79 Å². The third-order valence-electron chi connectivity index (χ3n) is 2.98. The van der Waals surface area contributed by atoms with Crippen molar-refractivity contribution in [3.63, 3.8) is 0 Å². The topological polar surface area (TPSA) is 17.1 Å². The molecule has 2 heteroatoms. The summed E-state index contributed by atoms with van der Waals surface area (Å²) in [6.07, 6.45) is 1.55. The number of hydrogen-bond donors (Lipinski definition) is 0. The number of halogens is 1. The number of aryl methyl sites for hydroxylation is 1. The van der Waals surface area contributed by atoms with Crippen molar-refractivity contribution in [1.29, 1.82) is 0 Å². The fourth-order valence-corrected chi connectivity index (χ4v) is 2.91. The average Bonchev–Trinajstić information content (AvgIpc) is 2.61. The van der Waals surface area contributed by atoms with Crippen molar-refractivity contribution in [1.82, 2.24) is 0 Å². The second-order valence-corrected chi connectivity index (χ2v) is 4.72. The first-order valence-electron chi connectivity index (χ1n) is 5.00. The van der Waals surface area contributed by atoms with Gasteiger partial charge in [-0.15, -0.1) is 0 Å². The fraction of sp³-hybridized carbons (Fsp3) is 0.154. The van der Waals surface area contributed by atoms with Gasteiger partial charge in [-0.05, 0) is 28.8 Å². The molecule has 3 rings (SSSR count). The number of rotatable bonds is 0. The van der Waals surface area contributed by atoms with Crippen LogP contribution in [0.15, 0.2) is 34.8 Å². The second-order valence-electron chi connectivity index (χ2n) is 3.86. The van der Waals surface area contributed by atoms with E-state index in [0.717, 1.165) is 27.2 Å².